The van der Waals surface area contributed by atoms with Crippen molar-refractivity contribution in [3.05, 3.63) is 29.8 Å². The van der Waals surface area contributed by atoms with Gasteiger partial charge in [0.1, 0.15) is 0 Å². The van der Waals surface area contributed by atoms with Crippen LogP contribution in [-0.2, 0) is 4.74 Å². The second kappa shape index (κ2) is 6.85. The van der Waals surface area contributed by atoms with Crippen LogP contribution in [-0.4, -0.2) is 25.7 Å². The van der Waals surface area contributed by atoms with E-state index in [9.17, 15) is 4.79 Å². The number of carbonyl (C=O) groups is 1. The van der Waals surface area contributed by atoms with Gasteiger partial charge in [0, 0.05) is 12.2 Å². The first-order valence-corrected chi connectivity index (χ1v) is 5.49. The summed E-state index contributed by atoms with van der Waals surface area (Å²) < 4.78 is 4.92. The summed E-state index contributed by atoms with van der Waals surface area (Å²) in [7, 11) is 0. The fourth-order valence-electron chi connectivity index (χ4n) is 1.31. The molecule has 0 spiro atoms. The van der Waals surface area contributed by atoms with Gasteiger partial charge in [0.15, 0.2) is 0 Å². The smallest absolute Gasteiger partial charge is 0.338 e. The van der Waals surface area contributed by atoms with E-state index in [4.69, 9.17) is 10.5 Å². The molecule has 4 nitrogen and oxygen atoms in total. The molecule has 0 heterocycles. The number of esters is 1. The van der Waals surface area contributed by atoms with Gasteiger partial charge in [0.05, 0.1) is 12.2 Å². The SMILES string of the molecule is CCOC(=O)c1cccc(NCCCN)c1. The van der Waals surface area contributed by atoms with E-state index in [1.165, 1.54) is 0 Å². The summed E-state index contributed by atoms with van der Waals surface area (Å²) in [6, 6.07) is 7.27. The highest BCUT2D eigenvalue weighted by Crippen LogP contribution is 2.11. The van der Waals surface area contributed by atoms with Crippen LogP contribution in [0.3, 0.4) is 0 Å². The van der Waals surface area contributed by atoms with Crippen LogP contribution < -0.4 is 11.1 Å². The number of rotatable bonds is 6. The van der Waals surface area contributed by atoms with E-state index in [1.807, 2.05) is 12.1 Å². The first kappa shape index (κ1) is 12.5. The molecule has 88 valence electrons. The lowest BCUT2D eigenvalue weighted by molar-refractivity contribution is 0.0526. The molecule has 1 aromatic rings. The summed E-state index contributed by atoms with van der Waals surface area (Å²) in [5.74, 6) is -0.287. The monoisotopic (exact) mass is 222 g/mol. The molecule has 0 amide bonds. The minimum absolute atomic E-state index is 0.287. The summed E-state index contributed by atoms with van der Waals surface area (Å²) in [6.45, 7) is 3.65. The summed E-state index contributed by atoms with van der Waals surface area (Å²) in [6.07, 6.45) is 0.906. The Morgan fingerprint density at radius 3 is 3.00 bits per heavy atom. The van der Waals surface area contributed by atoms with E-state index in [1.54, 1.807) is 19.1 Å². The van der Waals surface area contributed by atoms with Crippen LogP contribution in [0.25, 0.3) is 0 Å². The molecule has 0 aliphatic carbocycles. The van der Waals surface area contributed by atoms with Crippen molar-refractivity contribution < 1.29 is 9.53 Å². The fraction of sp³-hybridized carbons (Fsp3) is 0.417. The fourth-order valence-corrected chi connectivity index (χ4v) is 1.31. The normalized spacial score (nSPS) is 9.88. The second-order valence-corrected chi connectivity index (χ2v) is 3.37. The number of anilines is 1. The number of ether oxygens (including phenoxy) is 1. The van der Waals surface area contributed by atoms with Crippen molar-refractivity contribution >= 4 is 11.7 Å². The molecule has 4 heteroatoms. The third-order valence-corrected chi connectivity index (χ3v) is 2.08. The third-order valence-electron chi connectivity index (χ3n) is 2.08. The van der Waals surface area contributed by atoms with Gasteiger partial charge in [0.2, 0.25) is 0 Å². The van der Waals surface area contributed by atoms with Gasteiger partial charge in [-0.15, -0.1) is 0 Å². The molecule has 0 unspecified atom stereocenters. The molecule has 1 rings (SSSR count). The average Bonchev–Trinajstić information content (AvgIpc) is 2.30. The zero-order valence-corrected chi connectivity index (χ0v) is 9.53. The van der Waals surface area contributed by atoms with Crippen molar-refractivity contribution in [3.8, 4) is 0 Å². The molecule has 0 aliphatic heterocycles. The molecule has 0 aliphatic rings. The predicted molar refractivity (Wildman–Crippen MR) is 64.6 cm³/mol. The molecular formula is C12H18N2O2. The molecule has 3 N–H and O–H groups in total. The first-order valence-electron chi connectivity index (χ1n) is 5.49. The van der Waals surface area contributed by atoms with Crippen molar-refractivity contribution in [1.29, 1.82) is 0 Å². The molecule has 0 fully saturated rings. The van der Waals surface area contributed by atoms with E-state index >= 15 is 0 Å². The van der Waals surface area contributed by atoms with Crippen molar-refractivity contribution in [1.82, 2.24) is 0 Å². The third kappa shape index (κ3) is 3.90. The Morgan fingerprint density at radius 2 is 2.31 bits per heavy atom. The van der Waals surface area contributed by atoms with E-state index in [0.717, 1.165) is 18.7 Å². The molecular weight excluding hydrogens is 204 g/mol. The molecule has 0 radical (unpaired) electrons. The molecule has 1 aromatic carbocycles. The molecule has 0 atom stereocenters. The predicted octanol–water partition coefficient (Wildman–Crippen LogP) is 1.62. The minimum Gasteiger partial charge on any atom is -0.462 e. The maximum Gasteiger partial charge on any atom is 0.338 e. The van der Waals surface area contributed by atoms with E-state index in [-0.39, 0.29) is 5.97 Å². The number of carbonyl (C=O) groups excluding carboxylic acids is 1. The Kier molecular flexibility index (Phi) is 5.36. The van der Waals surface area contributed by atoms with E-state index in [0.29, 0.717) is 18.7 Å². The van der Waals surface area contributed by atoms with Crippen LogP contribution in [0, 0.1) is 0 Å². The van der Waals surface area contributed by atoms with Crippen molar-refractivity contribution in [2.45, 2.75) is 13.3 Å². The Morgan fingerprint density at radius 1 is 1.50 bits per heavy atom. The Balaban J connectivity index is 2.60. The number of hydrogen-bond donors (Lipinski definition) is 2. The van der Waals surface area contributed by atoms with Crippen molar-refractivity contribution in [3.63, 3.8) is 0 Å². The van der Waals surface area contributed by atoms with Gasteiger partial charge in [-0.1, -0.05) is 6.07 Å². The van der Waals surface area contributed by atoms with Crippen LogP contribution >= 0.6 is 0 Å². The van der Waals surface area contributed by atoms with Crippen LogP contribution in [0.2, 0.25) is 0 Å². The Labute approximate surface area is 95.8 Å². The summed E-state index contributed by atoms with van der Waals surface area (Å²) in [4.78, 5) is 11.5. The molecule has 0 bridgehead atoms. The summed E-state index contributed by atoms with van der Waals surface area (Å²) >= 11 is 0. The quantitative estimate of drug-likeness (QED) is 0.567. The highest BCUT2D eigenvalue weighted by Gasteiger charge is 2.05. The zero-order chi connectivity index (χ0) is 11.8. The Bertz CT molecular complexity index is 340. The maximum absolute atomic E-state index is 11.5. The molecule has 0 aromatic heterocycles. The highest BCUT2D eigenvalue weighted by molar-refractivity contribution is 5.90. The number of benzene rings is 1. The largest absolute Gasteiger partial charge is 0.462 e. The van der Waals surface area contributed by atoms with Gasteiger partial charge in [0.25, 0.3) is 0 Å². The second-order valence-electron chi connectivity index (χ2n) is 3.37. The first-order chi connectivity index (χ1) is 7.77. The number of nitrogens with one attached hydrogen (secondary N) is 1. The highest BCUT2D eigenvalue weighted by atomic mass is 16.5. The van der Waals surface area contributed by atoms with Crippen molar-refractivity contribution in [2.24, 2.45) is 5.73 Å². The van der Waals surface area contributed by atoms with Gasteiger partial charge in [-0.25, -0.2) is 4.79 Å². The lowest BCUT2D eigenvalue weighted by Crippen LogP contribution is -2.09. The number of nitrogens with two attached hydrogens (primary N) is 1. The topological polar surface area (TPSA) is 64.3 Å². The van der Waals surface area contributed by atoms with Gasteiger partial charge < -0.3 is 15.8 Å². The lowest BCUT2D eigenvalue weighted by Gasteiger charge is -2.07. The maximum atomic E-state index is 11.5. The standard InChI is InChI=1S/C12H18N2O2/c1-2-16-12(15)10-5-3-6-11(9-10)14-8-4-7-13/h3,5-6,9,14H,2,4,7-8,13H2,1H3. The Hall–Kier alpha value is -1.55. The van der Waals surface area contributed by atoms with Crippen molar-refractivity contribution in [2.75, 3.05) is 25.0 Å². The van der Waals surface area contributed by atoms with Crippen LogP contribution in [0.4, 0.5) is 5.69 Å². The van der Waals surface area contributed by atoms with Crippen LogP contribution in [0.15, 0.2) is 24.3 Å². The van der Waals surface area contributed by atoms with Gasteiger partial charge in [-0.2, -0.15) is 0 Å². The van der Waals surface area contributed by atoms with Crippen LogP contribution in [0.1, 0.15) is 23.7 Å². The zero-order valence-electron chi connectivity index (χ0n) is 9.53. The lowest BCUT2D eigenvalue weighted by atomic mass is 10.2. The molecule has 16 heavy (non-hydrogen) atoms. The number of hydrogen-bond acceptors (Lipinski definition) is 4. The summed E-state index contributed by atoms with van der Waals surface area (Å²) in [5.41, 5.74) is 6.88. The average molecular weight is 222 g/mol. The van der Waals surface area contributed by atoms with Gasteiger partial charge >= 0.3 is 5.97 Å². The molecule has 0 saturated carbocycles. The molecule has 0 saturated heterocycles. The summed E-state index contributed by atoms with van der Waals surface area (Å²) in [5, 5.41) is 3.20. The van der Waals surface area contributed by atoms with Gasteiger partial charge in [-0.05, 0) is 38.1 Å². The van der Waals surface area contributed by atoms with Gasteiger partial charge in [-0.3, -0.25) is 0 Å². The minimum atomic E-state index is -0.287. The van der Waals surface area contributed by atoms with E-state index < -0.39 is 0 Å². The van der Waals surface area contributed by atoms with Crippen LogP contribution in [0.5, 0.6) is 0 Å². The van der Waals surface area contributed by atoms with E-state index in [2.05, 4.69) is 5.32 Å².